The minimum Gasteiger partial charge on any atom is -0.368 e. The molecule has 1 fully saturated rings. The normalized spacial score (nSPS) is 20.4. The zero-order valence-corrected chi connectivity index (χ0v) is 18.2. The summed E-state index contributed by atoms with van der Waals surface area (Å²) in [4.78, 5) is 24.8. The Labute approximate surface area is 181 Å². The van der Waals surface area contributed by atoms with Crippen LogP contribution in [0.4, 0.5) is 17.1 Å². The van der Waals surface area contributed by atoms with Crippen LogP contribution in [0.1, 0.15) is 35.7 Å². The van der Waals surface area contributed by atoms with Crippen LogP contribution in [-0.2, 0) is 26.0 Å². The second-order valence-corrected chi connectivity index (χ2v) is 9.84. The summed E-state index contributed by atoms with van der Waals surface area (Å²) in [5, 5.41) is 5.64. The fourth-order valence-corrected chi connectivity index (χ4v) is 5.36. The average Bonchev–Trinajstić information content (AvgIpc) is 3.35. The molecular formula is C22H25N3O5S. The molecule has 2 N–H and O–H groups in total. The van der Waals surface area contributed by atoms with E-state index in [4.69, 9.17) is 4.74 Å². The minimum atomic E-state index is -3.37. The molecule has 0 aliphatic carbocycles. The molecule has 4 rings (SSSR count). The van der Waals surface area contributed by atoms with Gasteiger partial charge in [-0.25, -0.2) is 8.42 Å². The Morgan fingerprint density at radius 1 is 1.06 bits per heavy atom. The van der Waals surface area contributed by atoms with Crippen molar-refractivity contribution in [2.75, 3.05) is 27.8 Å². The lowest BCUT2D eigenvalue weighted by Gasteiger charge is -2.21. The molecule has 8 nitrogen and oxygen atoms in total. The van der Waals surface area contributed by atoms with Gasteiger partial charge in [0.1, 0.15) is 6.10 Å². The Morgan fingerprint density at radius 3 is 2.35 bits per heavy atom. The number of sulfonamides is 1. The van der Waals surface area contributed by atoms with Crippen molar-refractivity contribution in [3.05, 3.63) is 53.6 Å². The SMILES string of the molecule is C[C@@H]1Cc2cc(C(=O)Nc3ccc(NC(=O)[C@@H]4CCCO4)cc3)ccc2N1S(C)(=O)=O. The molecule has 0 aromatic heterocycles. The lowest BCUT2D eigenvalue weighted by molar-refractivity contribution is -0.124. The predicted octanol–water partition coefficient (Wildman–Crippen LogP) is 2.77. The number of nitrogens with one attached hydrogen (secondary N) is 2. The van der Waals surface area contributed by atoms with E-state index in [9.17, 15) is 18.0 Å². The van der Waals surface area contributed by atoms with Gasteiger partial charge in [0, 0.05) is 29.6 Å². The summed E-state index contributed by atoms with van der Waals surface area (Å²) in [7, 11) is -3.37. The van der Waals surface area contributed by atoms with Crippen LogP contribution in [0.2, 0.25) is 0 Å². The van der Waals surface area contributed by atoms with Gasteiger partial charge in [-0.3, -0.25) is 13.9 Å². The number of ether oxygens (including phenoxy) is 1. The number of hydrogen-bond acceptors (Lipinski definition) is 5. The quantitative estimate of drug-likeness (QED) is 0.739. The van der Waals surface area contributed by atoms with Crippen molar-refractivity contribution in [3.63, 3.8) is 0 Å². The highest BCUT2D eigenvalue weighted by Gasteiger charge is 2.32. The van der Waals surface area contributed by atoms with E-state index in [1.807, 2.05) is 6.92 Å². The zero-order chi connectivity index (χ0) is 22.2. The molecular weight excluding hydrogens is 418 g/mol. The fraction of sp³-hybridized carbons (Fsp3) is 0.364. The van der Waals surface area contributed by atoms with Crippen LogP contribution in [-0.4, -0.2) is 45.2 Å². The lowest BCUT2D eigenvalue weighted by atomic mass is 10.1. The molecule has 31 heavy (non-hydrogen) atoms. The largest absolute Gasteiger partial charge is 0.368 e. The van der Waals surface area contributed by atoms with Crippen LogP contribution in [0.5, 0.6) is 0 Å². The molecule has 0 bridgehead atoms. The first-order valence-electron chi connectivity index (χ1n) is 10.2. The maximum atomic E-state index is 12.7. The Hall–Kier alpha value is -2.91. The maximum absolute atomic E-state index is 12.7. The molecule has 2 aromatic carbocycles. The first-order valence-corrected chi connectivity index (χ1v) is 12.0. The molecule has 2 aliphatic heterocycles. The Morgan fingerprint density at radius 2 is 1.74 bits per heavy atom. The summed E-state index contributed by atoms with van der Waals surface area (Å²) >= 11 is 0. The van der Waals surface area contributed by atoms with E-state index >= 15 is 0 Å². The molecule has 9 heteroatoms. The van der Waals surface area contributed by atoms with Gasteiger partial charge in [0.25, 0.3) is 11.8 Å². The maximum Gasteiger partial charge on any atom is 0.255 e. The van der Waals surface area contributed by atoms with E-state index in [0.29, 0.717) is 35.7 Å². The van der Waals surface area contributed by atoms with Gasteiger partial charge >= 0.3 is 0 Å². The van der Waals surface area contributed by atoms with Gasteiger partial charge in [-0.2, -0.15) is 0 Å². The summed E-state index contributed by atoms with van der Waals surface area (Å²) in [6, 6.07) is 11.7. The minimum absolute atomic E-state index is 0.162. The standard InChI is InChI=1S/C22H25N3O5S/c1-14-12-16-13-15(5-10-19(16)25(14)31(2,28)29)21(26)23-17-6-8-18(9-7-17)24-22(27)20-4-3-11-30-20/h5-10,13-14,20H,3-4,11-12H2,1-2H3,(H,23,26)(H,24,27)/t14-,20+/m1/s1. The van der Waals surface area contributed by atoms with E-state index < -0.39 is 16.1 Å². The fourth-order valence-electron chi connectivity index (χ4n) is 4.10. The van der Waals surface area contributed by atoms with Crippen LogP contribution in [0.15, 0.2) is 42.5 Å². The highest BCUT2D eigenvalue weighted by atomic mass is 32.2. The van der Waals surface area contributed by atoms with Crippen molar-refractivity contribution in [1.29, 1.82) is 0 Å². The monoisotopic (exact) mass is 443 g/mol. The van der Waals surface area contributed by atoms with Crippen molar-refractivity contribution in [3.8, 4) is 0 Å². The predicted molar refractivity (Wildman–Crippen MR) is 119 cm³/mol. The summed E-state index contributed by atoms with van der Waals surface area (Å²) in [6.07, 6.45) is 2.95. The molecule has 0 saturated carbocycles. The second-order valence-electron chi connectivity index (χ2n) is 7.98. The first kappa shape index (κ1) is 21.3. The smallest absolute Gasteiger partial charge is 0.255 e. The molecule has 0 spiro atoms. The Balaban J connectivity index is 1.42. The summed E-state index contributed by atoms with van der Waals surface area (Å²) in [5.41, 5.74) is 3.13. The van der Waals surface area contributed by atoms with Crippen molar-refractivity contribution in [2.24, 2.45) is 0 Å². The number of benzene rings is 2. The van der Waals surface area contributed by atoms with Gasteiger partial charge in [0.05, 0.1) is 11.9 Å². The van der Waals surface area contributed by atoms with Gasteiger partial charge in [-0.05, 0) is 74.2 Å². The van der Waals surface area contributed by atoms with Crippen LogP contribution >= 0.6 is 0 Å². The van der Waals surface area contributed by atoms with Gasteiger partial charge in [0.15, 0.2) is 0 Å². The van der Waals surface area contributed by atoms with Crippen LogP contribution in [0.3, 0.4) is 0 Å². The third kappa shape index (κ3) is 4.57. The van der Waals surface area contributed by atoms with E-state index in [2.05, 4.69) is 10.6 Å². The lowest BCUT2D eigenvalue weighted by Crippen LogP contribution is -2.34. The average molecular weight is 444 g/mol. The highest BCUT2D eigenvalue weighted by Crippen LogP contribution is 2.34. The van der Waals surface area contributed by atoms with Crippen LogP contribution in [0, 0.1) is 0 Å². The molecule has 0 unspecified atom stereocenters. The van der Waals surface area contributed by atoms with Crippen molar-refractivity contribution in [2.45, 2.75) is 38.3 Å². The molecule has 2 atom stereocenters. The number of hydrogen-bond donors (Lipinski definition) is 2. The Bertz CT molecular complexity index is 1110. The van der Waals surface area contributed by atoms with Crippen molar-refractivity contribution >= 4 is 38.9 Å². The van der Waals surface area contributed by atoms with Gasteiger partial charge < -0.3 is 15.4 Å². The topological polar surface area (TPSA) is 105 Å². The van der Waals surface area contributed by atoms with Crippen LogP contribution in [0.25, 0.3) is 0 Å². The van der Waals surface area contributed by atoms with Gasteiger partial charge in [-0.1, -0.05) is 0 Å². The number of anilines is 3. The summed E-state index contributed by atoms with van der Waals surface area (Å²) < 4.78 is 30.9. The van der Waals surface area contributed by atoms with Crippen molar-refractivity contribution in [1.82, 2.24) is 0 Å². The third-order valence-electron chi connectivity index (χ3n) is 5.48. The molecule has 2 aliphatic rings. The number of rotatable bonds is 5. The summed E-state index contributed by atoms with van der Waals surface area (Å²) in [6.45, 7) is 2.46. The van der Waals surface area contributed by atoms with E-state index in [0.717, 1.165) is 18.4 Å². The number of carbonyl (C=O) groups excluding carboxylic acids is 2. The molecule has 2 aromatic rings. The molecule has 164 valence electrons. The number of fused-ring (bicyclic) bond motifs is 1. The van der Waals surface area contributed by atoms with Crippen molar-refractivity contribution < 1.29 is 22.7 Å². The number of amides is 2. The van der Waals surface area contributed by atoms with Crippen LogP contribution < -0.4 is 14.9 Å². The molecule has 1 saturated heterocycles. The van der Waals surface area contributed by atoms with Gasteiger partial charge in [0.2, 0.25) is 10.0 Å². The molecule has 2 amide bonds. The third-order valence-corrected chi connectivity index (χ3v) is 6.76. The Kier molecular flexibility index (Phi) is 5.72. The first-order chi connectivity index (χ1) is 14.7. The number of nitrogens with zero attached hydrogens (tertiary/aromatic N) is 1. The molecule has 0 radical (unpaired) electrons. The van der Waals surface area contributed by atoms with E-state index in [1.165, 1.54) is 10.6 Å². The molecule has 2 heterocycles. The zero-order valence-electron chi connectivity index (χ0n) is 17.4. The van der Waals surface area contributed by atoms with E-state index in [1.54, 1.807) is 42.5 Å². The number of carbonyl (C=O) groups is 2. The van der Waals surface area contributed by atoms with E-state index in [-0.39, 0.29) is 17.9 Å². The summed E-state index contributed by atoms with van der Waals surface area (Å²) in [5.74, 6) is -0.450. The highest BCUT2D eigenvalue weighted by molar-refractivity contribution is 7.92. The van der Waals surface area contributed by atoms with Gasteiger partial charge in [-0.15, -0.1) is 0 Å². The second kappa shape index (κ2) is 8.32.